The van der Waals surface area contributed by atoms with E-state index in [4.69, 9.17) is 0 Å². The maximum atomic E-state index is 12.4. The molecule has 0 spiro atoms. The molecule has 1 aliphatic heterocycles. The van der Waals surface area contributed by atoms with Crippen molar-refractivity contribution in [2.45, 2.75) is 13.0 Å². The largest absolute Gasteiger partial charge is 0.507 e. The van der Waals surface area contributed by atoms with E-state index in [1.165, 1.54) is 17.6 Å². The smallest absolute Gasteiger partial charge is 0.262 e. The molecular formula is C23H26N2O4S2. The highest BCUT2D eigenvalue weighted by atomic mass is 32.2. The first-order chi connectivity index (χ1) is 14.7. The molecule has 0 saturated heterocycles. The predicted octanol–water partition coefficient (Wildman–Crippen LogP) is 3.73. The zero-order valence-electron chi connectivity index (χ0n) is 17.5. The molecule has 31 heavy (non-hydrogen) atoms. The molecule has 3 N–H and O–H groups in total. The van der Waals surface area contributed by atoms with Crippen LogP contribution in [0.5, 0.6) is 0 Å². The lowest BCUT2D eigenvalue weighted by Crippen LogP contribution is -2.25. The van der Waals surface area contributed by atoms with Gasteiger partial charge in [-0.2, -0.15) is 0 Å². The van der Waals surface area contributed by atoms with Crippen LogP contribution in [0.2, 0.25) is 0 Å². The molecule has 8 heteroatoms. The normalized spacial score (nSPS) is 19.4. The summed E-state index contributed by atoms with van der Waals surface area (Å²) in [5, 5.41) is 18.6. The lowest BCUT2D eigenvalue weighted by molar-refractivity contribution is 0.0961. The van der Waals surface area contributed by atoms with Crippen molar-refractivity contribution < 1.29 is 18.3 Å². The molecule has 0 bridgehead atoms. The Hall–Kier alpha value is -2.68. The molecule has 0 radical (unpaired) electrons. The fraction of sp³-hybridized carbons (Fsp3) is 0.261. The van der Waals surface area contributed by atoms with Crippen LogP contribution in [0, 0.1) is 0 Å². The van der Waals surface area contributed by atoms with E-state index in [9.17, 15) is 18.3 Å². The zero-order chi connectivity index (χ0) is 22.6. The average molecular weight is 459 g/mol. The van der Waals surface area contributed by atoms with E-state index >= 15 is 0 Å². The second-order valence-corrected chi connectivity index (χ2v) is 10.6. The minimum atomic E-state index is -3.01. The van der Waals surface area contributed by atoms with E-state index in [-0.39, 0.29) is 23.5 Å². The standard InChI is InChI=1S/C23H26N2O4S2/c1-15-19-10-13-30-22(19)23(27)25-11-4-5-20(26)21(15)18-8-6-17(7-9-18)16(2)24-12-14-31(3,28)29/h4-10,13,16,24,26H,1,11-12,14H2,2-3H3,(H,25,27)/b5-4-,21-20-. The SMILES string of the molecule is C=C1/C(c2ccc(C(C)NCCS(C)(=O)=O)cc2)=C(O)\C=C/CNC(=O)c2sccc21. The van der Waals surface area contributed by atoms with Gasteiger partial charge in [0.05, 0.1) is 10.6 Å². The highest BCUT2D eigenvalue weighted by Crippen LogP contribution is 2.36. The van der Waals surface area contributed by atoms with Gasteiger partial charge in [-0.3, -0.25) is 4.79 Å². The number of carbonyl (C=O) groups excluding carboxylic acids is 1. The summed E-state index contributed by atoms with van der Waals surface area (Å²) in [4.78, 5) is 13.0. The summed E-state index contributed by atoms with van der Waals surface area (Å²) in [5.41, 5.74) is 3.60. The van der Waals surface area contributed by atoms with Crippen molar-refractivity contribution in [2.75, 3.05) is 25.1 Å². The maximum Gasteiger partial charge on any atom is 0.262 e. The number of allylic oxidation sites excluding steroid dienone is 3. The number of aliphatic hydroxyl groups is 1. The summed E-state index contributed by atoms with van der Waals surface area (Å²) >= 11 is 1.34. The molecule has 6 nitrogen and oxygen atoms in total. The second kappa shape index (κ2) is 9.64. The van der Waals surface area contributed by atoms with Gasteiger partial charge in [-0.05, 0) is 41.1 Å². The number of rotatable bonds is 6. The second-order valence-electron chi connectivity index (χ2n) is 7.44. The van der Waals surface area contributed by atoms with Crippen LogP contribution in [-0.4, -0.2) is 44.5 Å². The molecule has 1 aromatic heterocycles. The van der Waals surface area contributed by atoms with E-state index in [1.54, 1.807) is 12.2 Å². The third kappa shape index (κ3) is 5.72. The molecule has 1 aliphatic rings. The van der Waals surface area contributed by atoms with E-state index < -0.39 is 9.84 Å². The molecule has 0 saturated carbocycles. The van der Waals surface area contributed by atoms with E-state index in [2.05, 4.69) is 17.2 Å². The molecule has 0 aliphatic carbocycles. The maximum absolute atomic E-state index is 12.4. The predicted molar refractivity (Wildman–Crippen MR) is 127 cm³/mol. The van der Waals surface area contributed by atoms with Gasteiger partial charge in [0.25, 0.3) is 5.91 Å². The van der Waals surface area contributed by atoms with Crippen LogP contribution in [0.15, 0.2) is 60.2 Å². The van der Waals surface area contributed by atoms with Gasteiger partial charge >= 0.3 is 0 Å². The van der Waals surface area contributed by atoms with Crippen molar-refractivity contribution in [3.63, 3.8) is 0 Å². The Bertz CT molecular complexity index is 1140. The van der Waals surface area contributed by atoms with Gasteiger partial charge < -0.3 is 15.7 Å². The first kappa shape index (κ1) is 23.0. The van der Waals surface area contributed by atoms with Gasteiger partial charge in [0.15, 0.2) is 0 Å². The van der Waals surface area contributed by atoms with Crippen LogP contribution in [0.4, 0.5) is 0 Å². The van der Waals surface area contributed by atoms with Crippen LogP contribution in [0.25, 0.3) is 11.1 Å². The van der Waals surface area contributed by atoms with E-state index in [0.717, 1.165) is 11.1 Å². The third-order valence-corrected chi connectivity index (χ3v) is 6.89. The molecule has 164 valence electrons. The minimum Gasteiger partial charge on any atom is -0.507 e. The Morgan fingerprint density at radius 1 is 1.26 bits per heavy atom. The van der Waals surface area contributed by atoms with Crippen molar-refractivity contribution in [1.82, 2.24) is 10.6 Å². The number of nitrogens with one attached hydrogen (secondary N) is 2. The van der Waals surface area contributed by atoms with Gasteiger partial charge in [0.1, 0.15) is 15.6 Å². The summed E-state index contributed by atoms with van der Waals surface area (Å²) in [6.07, 6.45) is 4.49. The van der Waals surface area contributed by atoms with Crippen LogP contribution in [0.1, 0.15) is 39.3 Å². The minimum absolute atomic E-state index is 0.0299. The Morgan fingerprint density at radius 3 is 2.65 bits per heavy atom. The van der Waals surface area contributed by atoms with Crippen LogP contribution in [-0.2, 0) is 9.84 Å². The van der Waals surface area contributed by atoms with Crippen LogP contribution >= 0.6 is 11.3 Å². The fourth-order valence-electron chi connectivity index (χ4n) is 3.34. The zero-order valence-corrected chi connectivity index (χ0v) is 19.1. The monoisotopic (exact) mass is 458 g/mol. The molecular weight excluding hydrogens is 432 g/mol. The topological polar surface area (TPSA) is 95.5 Å². The Balaban J connectivity index is 1.89. The van der Waals surface area contributed by atoms with Gasteiger partial charge in [-0.1, -0.05) is 36.9 Å². The molecule has 3 rings (SSSR count). The molecule has 1 amide bonds. The summed E-state index contributed by atoms with van der Waals surface area (Å²) in [6, 6.07) is 9.47. The highest BCUT2D eigenvalue weighted by molar-refractivity contribution is 7.90. The number of benzene rings is 1. The van der Waals surface area contributed by atoms with Gasteiger partial charge in [0.2, 0.25) is 0 Å². The number of thiophene rings is 1. The lowest BCUT2D eigenvalue weighted by Gasteiger charge is -2.17. The Labute approximate surface area is 186 Å². The number of amides is 1. The Morgan fingerprint density at radius 2 is 1.97 bits per heavy atom. The first-order valence-corrected chi connectivity index (χ1v) is 12.8. The van der Waals surface area contributed by atoms with Crippen molar-refractivity contribution in [3.8, 4) is 0 Å². The summed E-state index contributed by atoms with van der Waals surface area (Å²) in [6.45, 7) is 6.83. The van der Waals surface area contributed by atoms with Gasteiger partial charge in [-0.25, -0.2) is 8.42 Å². The van der Waals surface area contributed by atoms with E-state index in [1.807, 2.05) is 42.6 Å². The lowest BCUT2D eigenvalue weighted by atomic mass is 9.91. The van der Waals surface area contributed by atoms with Crippen LogP contribution < -0.4 is 10.6 Å². The van der Waals surface area contributed by atoms with Crippen molar-refractivity contribution in [2.24, 2.45) is 0 Å². The number of hydrogen-bond donors (Lipinski definition) is 3. The Kier molecular flexibility index (Phi) is 7.15. The molecule has 1 atom stereocenters. The average Bonchev–Trinajstić information content (AvgIpc) is 3.20. The molecule has 1 unspecified atom stereocenters. The third-order valence-electron chi connectivity index (χ3n) is 5.03. The van der Waals surface area contributed by atoms with Gasteiger partial charge in [-0.15, -0.1) is 11.3 Å². The van der Waals surface area contributed by atoms with Gasteiger partial charge in [0, 0.05) is 36.5 Å². The fourth-order valence-corrected chi connectivity index (χ4v) is 4.66. The molecule has 1 aromatic carbocycles. The molecule has 2 heterocycles. The summed E-state index contributed by atoms with van der Waals surface area (Å²) in [7, 11) is -3.01. The number of aliphatic hydroxyl groups excluding tert-OH is 1. The quantitative estimate of drug-likeness (QED) is 0.613. The van der Waals surface area contributed by atoms with Crippen molar-refractivity contribution in [1.29, 1.82) is 0 Å². The first-order valence-electron chi connectivity index (χ1n) is 9.84. The summed E-state index contributed by atoms with van der Waals surface area (Å²) in [5.74, 6) is -0.00920. The number of carbonyl (C=O) groups is 1. The van der Waals surface area contributed by atoms with Crippen molar-refractivity contribution >= 4 is 38.2 Å². The van der Waals surface area contributed by atoms with Crippen LogP contribution in [0.3, 0.4) is 0 Å². The molecule has 2 aromatic rings. The highest BCUT2D eigenvalue weighted by Gasteiger charge is 2.21. The number of sulfone groups is 1. The van der Waals surface area contributed by atoms with Crippen molar-refractivity contribution in [3.05, 3.63) is 81.8 Å². The number of hydrogen-bond acceptors (Lipinski definition) is 6. The van der Waals surface area contributed by atoms with E-state index in [0.29, 0.717) is 34.7 Å². The molecule has 0 fully saturated rings. The summed E-state index contributed by atoms with van der Waals surface area (Å²) < 4.78 is 22.6. The number of fused-ring (bicyclic) bond motifs is 1.